The molecular formula is C30H41F3N4O7S2. The van der Waals surface area contributed by atoms with E-state index in [9.17, 15) is 39.6 Å². The number of alkyl halides is 3. The second-order valence-corrected chi connectivity index (χ2v) is 15.2. The Morgan fingerprint density at radius 1 is 1.07 bits per heavy atom. The van der Waals surface area contributed by atoms with Gasteiger partial charge in [-0.1, -0.05) is 30.4 Å². The maximum absolute atomic E-state index is 13.6. The van der Waals surface area contributed by atoms with Crippen LogP contribution in [0.15, 0.2) is 64.4 Å². The molecule has 16 heteroatoms. The standard InChI is InChI=1S/C25H31F3N4O5S2.C5H10O2/c1-32(24(33)31-20-8-5-13-29-18-20)15-14-30-38(34,35)16-6-7-19-17-22(11-12-23(19)25(26,27)28)39(36,37)21-9-3-2-4-10-21;1-5(2,3)7-4-6/h2-4,6-7,9-12,17,20,29-30H,5,8,13-16,18H2,1H3,(H,31,33);4H,1-3H3/t20-;/m1./s1. The van der Waals surface area contributed by atoms with Crippen LogP contribution in [0.4, 0.5) is 18.0 Å². The van der Waals surface area contributed by atoms with Crippen LogP contribution < -0.4 is 15.4 Å². The van der Waals surface area contributed by atoms with Gasteiger partial charge >= 0.3 is 12.2 Å². The van der Waals surface area contributed by atoms with E-state index in [-0.39, 0.29) is 40.6 Å². The van der Waals surface area contributed by atoms with Gasteiger partial charge in [-0.05, 0) is 76.1 Å². The number of nitrogens with zero attached hydrogens (tertiary/aromatic N) is 1. The van der Waals surface area contributed by atoms with E-state index in [4.69, 9.17) is 0 Å². The first kappa shape index (κ1) is 38.7. The van der Waals surface area contributed by atoms with Gasteiger partial charge in [-0.25, -0.2) is 26.4 Å². The third-order valence-corrected chi connectivity index (χ3v) is 9.49. The molecule has 2 aromatic rings. The number of likely N-dealkylation sites (N-methyl/N-ethyl adjacent to an activating group) is 1. The number of rotatable bonds is 11. The fraction of sp³-hybridized carbons (Fsp3) is 0.467. The van der Waals surface area contributed by atoms with E-state index in [1.165, 1.54) is 36.2 Å². The molecule has 11 nitrogen and oxygen atoms in total. The average molecular weight is 691 g/mol. The van der Waals surface area contributed by atoms with Crippen LogP contribution in [0.25, 0.3) is 6.08 Å². The average Bonchev–Trinajstić information content (AvgIpc) is 2.97. The molecule has 1 heterocycles. The number of piperidine rings is 1. The zero-order chi connectivity index (χ0) is 34.6. The number of hydrogen-bond acceptors (Lipinski definition) is 8. The summed E-state index contributed by atoms with van der Waals surface area (Å²) in [7, 11) is -6.50. The van der Waals surface area contributed by atoms with E-state index in [0.29, 0.717) is 19.1 Å². The minimum atomic E-state index is -4.79. The van der Waals surface area contributed by atoms with Crippen molar-refractivity contribution in [1.82, 2.24) is 20.3 Å². The molecule has 0 radical (unpaired) electrons. The van der Waals surface area contributed by atoms with Crippen LogP contribution in [0, 0.1) is 0 Å². The molecule has 0 aliphatic carbocycles. The molecule has 2 aromatic carbocycles. The van der Waals surface area contributed by atoms with E-state index >= 15 is 0 Å². The third-order valence-electron chi connectivity index (χ3n) is 6.45. The molecule has 1 atom stereocenters. The van der Waals surface area contributed by atoms with E-state index in [2.05, 4.69) is 20.1 Å². The van der Waals surface area contributed by atoms with Gasteiger partial charge in [-0.3, -0.25) is 4.79 Å². The lowest BCUT2D eigenvalue weighted by molar-refractivity contribution is -0.139. The lowest BCUT2D eigenvalue weighted by Gasteiger charge is -2.26. The summed E-state index contributed by atoms with van der Waals surface area (Å²) in [6, 6.07) is 9.32. The normalized spacial score (nSPS) is 15.8. The Hall–Kier alpha value is -3.47. The molecular weight excluding hydrogens is 649 g/mol. The molecule has 1 fully saturated rings. The van der Waals surface area contributed by atoms with Gasteiger partial charge in [-0.2, -0.15) is 13.2 Å². The Labute approximate surface area is 268 Å². The summed E-state index contributed by atoms with van der Waals surface area (Å²) in [4.78, 5) is 22.8. The van der Waals surface area contributed by atoms with Crippen molar-refractivity contribution in [2.75, 3.05) is 39.0 Å². The van der Waals surface area contributed by atoms with Gasteiger partial charge in [0.15, 0.2) is 0 Å². The van der Waals surface area contributed by atoms with Crippen molar-refractivity contribution in [2.45, 2.75) is 61.2 Å². The maximum atomic E-state index is 13.6. The number of carbonyl (C=O) groups excluding carboxylic acids is 2. The molecule has 0 unspecified atom stereocenters. The van der Waals surface area contributed by atoms with Gasteiger partial charge in [0.25, 0.3) is 6.47 Å². The predicted molar refractivity (Wildman–Crippen MR) is 168 cm³/mol. The van der Waals surface area contributed by atoms with Crippen molar-refractivity contribution in [1.29, 1.82) is 0 Å². The Bertz CT molecular complexity index is 1540. The van der Waals surface area contributed by atoms with Gasteiger partial charge in [-0.15, -0.1) is 0 Å². The topological polar surface area (TPSA) is 151 Å². The van der Waals surface area contributed by atoms with Crippen molar-refractivity contribution < 1.29 is 44.3 Å². The van der Waals surface area contributed by atoms with E-state index in [1.807, 2.05) is 20.8 Å². The van der Waals surface area contributed by atoms with Gasteiger partial charge in [0.1, 0.15) is 5.60 Å². The minimum absolute atomic E-state index is 0.00157. The quantitative estimate of drug-likeness (QED) is 0.301. The Balaban J connectivity index is 0.000000942. The minimum Gasteiger partial charge on any atom is -0.462 e. The highest BCUT2D eigenvalue weighted by Crippen LogP contribution is 2.35. The van der Waals surface area contributed by atoms with Crippen LogP contribution in [-0.4, -0.2) is 84.9 Å². The number of benzene rings is 2. The number of hydrogen-bond donors (Lipinski definition) is 3. The molecule has 0 bridgehead atoms. The zero-order valence-corrected chi connectivity index (χ0v) is 27.8. The molecule has 1 aliphatic heterocycles. The molecule has 3 N–H and O–H groups in total. The van der Waals surface area contributed by atoms with Crippen molar-refractivity contribution in [3.8, 4) is 0 Å². The van der Waals surface area contributed by atoms with Crippen molar-refractivity contribution >= 4 is 38.4 Å². The summed E-state index contributed by atoms with van der Waals surface area (Å²) < 4.78 is 98.0. The number of carbonyl (C=O) groups is 2. The first-order chi connectivity index (χ1) is 21.4. The van der Waals surface area contributed by atoms with Crippen LogP contribution in [0.2, 0.25) is 0 Å². The number of sulfonamides is 1. The first-order valence-electron chi connectivity index (χ1n) is 14.3. The smallest absolute Gasteiger partial charge is 0.416 e. The molecule has 0 saturated carbocycles. The Morgan fingerprint density at radius 2 is 1.74 bits per heavy atom. The second kappa shape index (κ2) is 16.9. The van der Waals surface area contributed by atoms with E-state index < -0.39 is 42.9 Å². The highest BCUT2D eigenvalue weighted by molar-refractivity contribution is 7.91. The number of urea groups is 1. The van der Waals surface area contributed by atoms with Gasteiger partial charge in [0.2, 0.25) is 19.9 Å². The Kier molecular flexibility index (Phi) is 14.2. The number of amides is 2. The van der Waals surface area contributed by atoms with Crippen LogP contribution in [0.1, 0.15) is 44.7 Å². The predicted octanol–water partition coefficient (Wildman–Crippen LogP) is 3.82. The van der Waals surface area contributed by atoms with Gasteiger partial charge < -0.3 is 20.3 Å². The molecule has 1 aliphatic rings. The highest BCUT2D eigenvalue weighted by atomic mass is 32.2. The van der Waals surface area contributed by atoms with Gasteiger partial charge in [0, 0.05) is 32.7 Å². The van der Waals surface area contributed by atoms with Crippen LogP contribution in [0.3, 0.4) is 0 Å². The fourth-order valence-corrected chi connectivity index (χ4v) is 6.26. The first-order valence-corrected chi connectivity index (χ1v) is 17.5. The summed E-state index contributed by atoms with van der Waals surface area (Å²) in [6.45, 7) is 7.46. The Morgan fingerprint density at radius 3 is 2.28 bits per heavy atom. The number of ether oxygens (including phenoxy) is 1. The molecule has 0 spiro atoms. The van der Waals surface area contributed by atoms with Crippen molar-refractivity contribution in [2.24, 2.45) is 0 Å². The van der Waals surface area contributed by atoms with Crippen LogP contribution in [-0.2, 0) is 35.6 Å². The van der Waals surface area contributed by atoms with Crippen LogP contribution >= 0.6 is 0 Å². The molecule has 0 aromatic heterocycles. The number of sulfone groups is 1. The largest absolute Gasteiger partial charge is 0.462 e. The van der Waals surface area contributed by atoms with Crippen LogP contribution in [0.5, 0.6) is 0 Å². The third kappa shape index (κ3) is 13.1. The second-order valence-electron chi connectivity index (χ2n) is 11.4. The lowest BCUT2D eigenvalue weighted by atomic mass is 10.1. The summed E-state index contributed by atoms with van der Waals surface area (Å²) >= 11 is 0. The fourth-order valence-electron chi connectivity index (χ4n) is 4.07. The number of nitrogens with one attached hydrogen (secondary N) is 3. The van der Waals surface area contributed by atoms with E-state index in [1.54, 1.807) is 6.07 Å². The van der Waals surface area contributed by atoms with Gasteiger partial charge in [0.05, 0.1) is 21.1 Å². The molecule has 1 saturated heterocycles. The van der Waals surface area contributed by atoms with E-state index in [0.717, 1.165) is 43.7 Å². The summed E-state index contributed by atoms with van der Waals surface area (Å²) in [6.07, 6.45) is -1.05. The molecule has 2 amide bonds. The molecule has 256 valence electrons. The van der Waals surface area contributed by atoms with Crippen molar-refractivity contribution in [3.05, 3.63) is 65.7 Å². The summed E-state index contributed by atoms with van der Waals surface area (Å²) in [5, 5.41) is 6.04. The molecule has 46 heavy (non-hydrogen) atoms. The lowest BCUT2D eigenvalue weighted by Crippen LogP contribution is -2.50. The summed E-state index contributed by atoms with van der Waals surface area (Å²) in [5.74, 6) is -0.649. The maximum Gasteiger partial charge on any atom is 0.416 e. The molecule has 3 rings (SSSR count). The SMILES string of the molecule is CC(C)(C)OC=O.CN(CCNS(=O)(=O)CC=Cc1cc(S(=O)(=O)c2ccccc2)ccc1C(F)(F)F)C(=O)N[C@@H]1CCCNC1. The zero-order valence-electron chi connectivity index (χ0n) is 26.1. The summed E-state index contributed by atoms with van der Waals surface area (Å²) in [5.41, 5.74) is -1.90. The van der Waals surface area contributed by atoms with Crippen molar-refractivity contribution in [3.63, 3.8) is 0 Å². The monoisotopic (exact) mass is 690 g/mol. The highest BCUT2D eigenvalue weighted by Gasteiger charge is 2.33. The number of halogens is 3.